The number of aliphatic carboxylic acids is 1. The number of carbonyl (C=O) groups excluding carboxylic acids is 2. The van der Waals surface area contributed by atoms with Crippen LogP contribution in [-0.2, 0) is 9.59 Å². The molecule has 158 valence electrons. The number of nitrogens with zero attached hydrogens (tertiary/aromatic N) is 1. The Hall–Kier alpha value is -3.39. The van der Waals surface area contributed by atoms with Gasteiger partial charge in [-0.2, -0.15) is 5.10 Å². The summed E-state index contributed by atoms with van der Waals surface area (Å²) >= 11 is 5.83. The van der Waals surface area contributed by atoms with Crippen LogP contribution in [0.15, 0.2) is 53.6 Å². The number of carboxylic acid groups (broad SMARTS) is 1. The van der Waals surface area contributed by atoms with Crippen LogP contribution in [0.3, 0.4) is 0 Å². The molecule has 30 heavy (non-hydrogen) atoms. The highest BCUT2D eigenvalue weighted by atomic mass is 35.5. The standard InChI is InChI=1S/C21H22ClN3O5/c1-13(2)19(24-20(28)15-5-7-16(22)8-6-15)21(29)25-23-11-14-3-9-17(10-4-14)30-12-18(26)27/h3-11,13,19H,12H2,1-2H3,(H,24,28)(H,25,29)(H,26,27)/b23-11+. The number of rotatable bonds is 9. The first-order valence-corrected chi connectivity index (χ1v) is 9.48. The summed E-state index contributed by atoms with van der Waals surface area (Å²) in [5.41, 5.74) is 3.48. The summed E-state index contributed by atoms with van der Waals surface area (Å²) < 4.78 is 5.04. The fourth-order valence-corrected chi connectivity index (χ4v) is 2.52. The Bertz CT molecular complexity index is 911. The summed E-state index contributed by atoms with van der Waals surface area (Å²) in [5, 5.41) is 15.7. The van der Waals surface area contributed by atoms with E-state index in [1.54, 1.807) is 48.5 Å². The van der Waals surface area contributed by atoms with Crippen LogP contribution >= 0.6 is 11.6 Å². The van der Waals surface area contributed by atoms with Crippen molar-refractivity contribution in [3.8, 4) is 5.75 Å². The Morgan fingerprint density at radius 3 is 2.30 bits per heavy atom. The van der Waals surface area contributed by atoms with Crippen molar-refractivity contribution in [2.45, 2.75) is 19.9 Å². The van der Waals surface area contributed by atoms with Gasteiger partial charge in [-0.25, -0.2) is 10.2 Å². The zero-order valence-corrected chi connectivity index (χ0v) is 17.2. The summed E-state index contributed by atoms with van der Waals surface area (Å²) in [6.07, 6.45) is 1.43. The number of ether oxygens (including phenoxy) is 1. The molecule has 0 aliphatic carbocycles. The van der Waals surface area contributed by atoms with Gasteiger partial charge in [0.2, 0.25) is 0 Å². The Morgan fingerprint density at radius 2 is 1.73 bits per heavy atom. The Kier molecular flexibility index (Phi) is 8.37. The first kappa shape index (κ1) is 22.9. The predicted octanol–water partition coefficient (Wildman–Crippen LogP) is 2.71. The number of benzene rings is 2. The molecule has 0 aliphatic heterocycles. The minimum atomic E-state index is -1.06. The van der Waals surface area contributed by atoms with E-state index in [1.165, 1.54) is 6.21 Å². The number of nitrogens with one attached hydrogen (secondary N) is 2. The van der Waals surface area contributed by atoms with Gasteiger partial charge in [-0.3, -0.25) is 9.59 Å². The van der Waals surface area contributed by atoms with Gasteiger partial charge in [0.1, 0.15) is 11.8 Å². The predicted molar refractivity (Wildman–Crippen MR) is 113 cm³/mol. The number of carboxylic acids is 1. The Labute approximate surface area is 178 Å². The van der Waals surface area contributed by atoms with E-state index >= 15 is 0 Å². The highest BCUT2D eigenvalue weighted by Gasteiger charge is 2.24. The average Bonchev–Trinajstić information content (AvgIpc) is 2.71. The Morgan fingerprint density at radius 1 is 1.10 bits per heavy atom. The third-order valence-electron chi connectivity index (χ3n) is 3.97. The van der Waals surface area contributed by atoms with Gasteiger partial charge in [0.15, 0.2) is 6.61 Å². The zero-order valence-electron chi connectivity index (χ0n) is 16.5. The van der Waals surface area contributed by atoms with Gasteiger partial charge < -0.3 is 15.2 Å². The molecular weight excluding hydrogens is 410 g/mol. The average molecular weight is 432 g/mol. The van der Waals surface area contributed by atoms with Crippen molar-refractivity contribution in [1.82, 2.24) is 10.7 Å². The van der Waals surface area contributed by atoms with Crippen molar-refractivity contribution in [3.63, 3.8) is 0 Å². The van der Waals surface area contributed by atoms with Crippen LogP contribution in [-0.4, -0.2) is 41.8 Å². The number of amides is 2. The molecule has 0 heterocycles. The van der Waals surface area contributed by atoms with Crippen LogP contribution in [0.2, 0.25) is 5.02 Å². The second-order valence-electron chi connectivity index (χ2n) is 6.69. The maximum atomic E-state index is 12.5. The van der Waals surface area contributed by atoms with Crippen LogP contribution in [0.5, 0.6) is 5.75 Å². The molecule has 0 spiro atoms. The maximum Gasteiger partial charge on any atom is 0.341 e. The van der Waals surface area contributed by atoms with Crippen LogP contribution in [0.1, 0.15) is 29.8 Å². The van der Waals surface area contributed by atoms with E-state index in [4.69, 9.17) is 21.4 Å². The number of carbonyl (C=O) groups is 3. The van der Waals surface area contributed by atoms with Crippen LogP contribution in [0.4, 0.5) is 0 Å². The molecule has 2 rings (SSSR count). The van der Waals surface area contributed by atoms with Crippen molar-refractivity contribution < 1.29 is 24.2 Å². The van der Waals surface area contributed by atoms with Gasteiger partial charge >= 0.3 is 5.97 Å². The van der Waals surface area contributed by atoms with Gasteiger partial charge in [-0.1, -0.05) is 25.4 Å². The minimum Gasteiger partial charge on any atom is -0.482 e. The second-order valence-corrected chi connectivity index (χ2v) is 7.12. The smallest absolute Gasteiger partial charge is 0.341 e. The minimum absolute atomic E-state index is 0.165. The molecule has 0 saturated carbocycles. The lowest BCUT2D eigenvalue weighted by molar-refractivity contribution is -0.139. The molecule has 3 N–H and O–H groups in total. The van der Waals surface area contributed by atoms with E-state index < -0.39 is 24.5 Å². The van der Waals surface area contributed by atoms with Gasteiger partial charge in [0.05, 0.1) is 6.21 Å². The number of hydrogen-bond donors (Lipinski definition) is 3. The van der Waals surface area contributed by atoms with Crippen molar-refractivity contribution in [1.29, 1.82) is 0 Å². The molecule has 1 unspecified atom stereocenters. The quantitative estimate of drug-likeness (QED) is 0.417. The number of halogens is 1. The molecule has 0 aliphatic rings. The van der Waals surface area contributed by atoms with Crippen molar-refractivity contribution in [3.05, 3.63) is 64.7 Å². The van der Waals surface area contributed by atoms with Gasteiger partial charge in [-0.05, 0) is 60.0 Å². The highest BCUT2D eigenvalue weighted by Crippen LogP contribution is 2.12. The lowest BCUT2D eigenvalue weighted by atomic mass is 10.0. The first-order chi connectivity index (χ1) is 14.3. The molecule has 0 bridgehead atoms. The van der Waals surface area contributed by atoms with Crippen LogP contribution in [0, 0.1) is 5.92 Å². The second kappa shape index (κ2) is 11.0. The zero-order chi connectivity index (χ0) is 22.1. The molecule has 0 aromatic heterocycles. The molecule has 0 fully saturated rings. The highest BCUT2D eigenvalue weighted by molar-refractivity contribution is 6.30. The lowest BCUT2D eigenvalue weighted by Gasteiger charge is -2.20. The fraction of sp³-hybridized carbons (Fsp3) is 0.238. The molecule has 8 nitrogen and oxygen atoms in total. The van der Waals surface area contributed by atoms with Gasteiger partial charge in [0, 0.05) is 10.6 Å². The summed E-state index contributed by atoms with van der Waals surface area (Å²) in [6.45, 7) is 3.19. The van der Waals surface area contributed by atoms with E-state index in [0.717, 1.165) is 0 Å². The SMILES string of the molecule is CC(C)C(NC(=O)c1ccc(Cl)cc1)C(=O)N/N=C/c1ccc(OCC(=O)O)cc1. The normalized spacial score (nSPS) is 11.9. The third-order valence-corrected chi connectivity index (χ3v) is 4.22. The lowest BCUT2D eigenvalue weighted by Crippen LogP contribution is -2.48. The summed E-state index contributed by atoms with van der Waals surface area (Å²) in [6, 6.07) is 12.1. The molecule has 0 radical (unpaired) electrons. The van der Waals surface area contributed by atoms with E-state index in [0.29, 0.717) is 21.9 Å². The van der Waals surface area contributed by atoms with E-state index in [-0.39, 0.29) is 11.8 Å². The van der Waals surface area contributed by atoms with Gasteiger partial charge in [0.25, 0.3) is 11.8 Å². The maximum absolute atomic E-state index is 12.5. The van der Waals surface area contributed by atoms with Gasteiger partial charge in [-0.15, -0.1) is 0 Å². The summed E-state index contributed by atoms with van der Waals surface area (Å²) in [5.74, 6) is -1.66. The monoisotopic (exact) mass is 431 g/mol. The van der Waals surface area contributed by atoms with Crippen molar-refractivity contribution in [2.75, 3.05) is 6.61 Å². The van der Waals surface area contributed by atoms with E-state index in [9.17, 15) is 14.4 Å². The summed E-state index contributed by atoms with van der Waals surface area (Å²) in [7, 11) is 0. The fourth-order valence-electron chi connectivity index (χ4n) is 2.40. The van der Waals surface area contributed by atoms with Crippen molar-refractivity contribution in [2.24, 2.45) is 11.0 Å². The number of hydrogen-bond acceptors (Lipinski definition) is 5. The van der Waals surface area contributed by atoms with E-state index in [2.05, 4.69) is 15.8 Å². The number of hydrazone groups is 1. The molecule has 2 aromatic carbocycles. The van der Waals surface area contributed by atoms with Crippen LogP contribution < -0.4 is 15.5 Å². The molecule has 9 heteroatoms. The topological polar surface area (TPSA) is 117 Å². The van der Waals surface area contributed by atoms with E-state index in [1.807, 2.05) is 13.8 Å². The summed E-state index contributed by atoms with van der Waals surface area (Å²) in [4.78, 5) is 35.3. The molecule has 0 saturated heterocycles. The van der Waals surface area contributed by atoms with Crippen molar-refractivity contribution >= 4 is 35.6 Å². The molecule has 2 aromatic rings. The molecule has 2 amide bonds. The first-order valence-electron chi connectivity index (χ1n) is 9.10. The largest absolute Gasteiger partial charge is 0.482 e. The van der Waals surface area contributed by atoms with Crippen LogP contribution in [0.25, 0.3) is 0 Å². The molecule has 1 atom stereocenters. The third kappa shape index (κ3) is 7.21. The molecular formula is C21H22ClN3O5. The Balaban J connectivity index is 1.93.